The maximum atomic E-state index is 12.1. The van der Waals surface area contributed by atoms with Crippen LogP contribution in [-0.2, 0) is 9.59 Å². The highest BCUT2D eigenvalue weighted by Crippen LogP contribution is 2.28. The SMILES string of the molecule is NC(=O)[C@H](c1ccccc1)N1CCC(C(=O)NC2CC2)CC1. The number of hydrogen-bond donors (Lipinski definition) is 2. The van der Waals surface area contributed by atoms with Crippen LogP contribution < -0.4 is 11.1 Å². The molecule has 0 radical (unpaired) electrons. The molecule has 1 aliphatic heterocycles. The van der Waals surface area contributed by atoms with Gasteiger partial charge in [-0.3, -0.25) is 14.5 Å². The van der Waals surface area contributed by atoms with E-state index in [0.717, 1.165) is 44.3 Å². The number of amides is 2. The molecule has 0 aromatic heterocycles. The van der Waals surface area contributed by atoms with Crippen LogP contribution in [0.4, 0.5) is 0 Å². The number of carbonyl (C=O) groups excluding carboxylic acids is 2. The van der Waals surface area contributed by atoms with Crippen LogP contribution in [-0.4, -0.2) is 35.8 Å². The van der Waals surface area contributed by atoms with Crippen molar-refractivity contribution in [3.8, 4) is 0 Å². The first-order valence-electron chi connectivity index (χ1n) is 8.04. The van der Waals surface area contributed by atoms with Crippen LogP contribution in [0.1, 0.15) is 37.3 Å². The van der Waals surface area contributed by atoms with Crippen LogP contribution in [0.5, 0.6) is 0 Å². The van der Waals surface area contributed by atoms with Gasteiger partial charge in [-0.15, -0.1) is 0 Å². The average Bonchev–Trinajstić information content (AvgIpc) is 3.33. The van der Waals surface area contributed by atoms with Gasteiger partial charge in [0, 0.05) is 12.0 Å². The Morgan fingerprint density at radius 2 is 1.73 bits per heavy atom. The minimum absolute atomic E-state index is 0.0705. The lowest BCUT2D eigenvalue weighted by atomic mass is 9.93. The monoisotopic (exact) mass is 301 g/mol. The van der Waals surface area contributed by atoms with Crippen molar-refractivity contribution in [2.24, 2.45) is 11.7 Å². The summed E-state index contributed by atoms with van der Waals surface area (Å²) >= 11 is 0. The lowest BCUT2D eigenvalue weighted by molar-refractivity contribution is -0.128. The Kier molecular flexibility index (Phi) is 4.43. The van der Waals surface area contributed by atoms with E-state index < -0.39 is 6.04 Å². The largest absolute Gasteiger partial charge is 0.368 e. The molecular formula is C17H23N3O2. The van der Waals surface area contributed by atoms with Gasteiger partial charge in [-0.05, 0) is 44.3 Å². The summed E-state index contributed by atoms with van der Waals surface area (Å²) in [5.74, 6) is -0.0780. The summed E-state index contributed by atoms with van der Waals surface area (Å²) in [4.78, 5) is 26.1. The summed E-state index contributed by atoms with van der Waals surface area (Å²) in [7, 11) is 0. The van der Waals surface area contributed by atoms with Gasteiger partial charge in [0.2, 0.25) is 11.8 Å². The molecule has 3 N–H and O–H groups in total. The Morgan fingerprint density at radius 3 is 2.27 bits per heavy atom. The van der Waals surface area contributed by atoms with E-state index in [9.17, 15) is 9.59 Å². The average molecular weight is 301 g/mol. The number of nitrogens with zero attached hydrogens (tertiary/aromatic N) is 1. The number of nitrogens with two attached hydrogens (primary N) is 1. The Morgan fingerprint density at radius 1 is 1.09 bits per heavy atom. The topological polar surface area (TPSA) is 75.4 Å². The number of carbonyl (C=O) groups is 2. The van der Waals surface area contributed by atoms with E-state index >= 15 is 0 Å². The molecule has 0 spiro atoms. The molecule has 22 heavy (non-hydrogen) atoms. The van der Waals surface area contributed by atoms with Crippen molar-refractivity contribution in [2.75, 3.05) is 13.1 Å². The number of hydrogen-bond acceptors (Lipinski definition) is 3. The molecule has 1 atom stereocenters. The molecule has 2 amide bonds. The fraction of sp³-hybridized carbons (Fsp3) is 0.529. The predicted molar refractivity (Wildman–Crippen MR) is 83.8 cm³/mol. The van der Waals surface area contributed by atoms with Gasteiger partial charge in [-0.25, -0.2) is 0 Å². The zero-order valence-electron chi connectivity index (χ0n) is 12.7. The summed E-state index contributed by atoms with van der Waals surface area (Å²) in [6.45, 7) is 1.45. The van der Waals surface area contributed by atoms with Crippen molar-refractivity contribution in [3.05, 3.63) is 35.9 Å². The number of nitrogens with one attached hydrogen (secondary N) is 1. The first kappa shape index (κ1) is 15.0. The number of likely N-dealkylation sites (tertiary alicyclic amines) is 1. The van der Waals surface area contributed by atoms with Gasteiger partial charge in [0.05, 0.1) is 0 Å². The van der Waals surface area contributed by atoms with Crippen LogP contribution in [0, 0.1) is 5.92 Å². The zero-order valence-corrected chi connectivity index (χ0v) is 12.7. The number of piperidine rings is 1. The Labute approximate surface area is 130 Å². The first-order valence-corrected chi connectivity index (χ1v) is 8.04. The first-order chi connectivity index (χ1) is 10.6. The lowest BCUT2D eigenvalue weighted by Gasteiger charge is -2.35. The molecule has 118 valence electrons. The molecule has 5 heteroatoms. The maximum absolute atomic E-state index is 12.1. The smallest absolute Gasteiger partial charge is 0.239 e. The van der Waals surface area contributed by atoms with Crippen molar-refractivity contribution >= 4 is 11.8 Å². The molecular weight excluding hydrogens is 278 g/mol. The van der Waals surface area contributed by atoms with Gasteiger partial charge < -0.3 is 11.1 Å². The summed E-state index contributed by atoms with van der Waals surface area (Å²) in [5, 5.41) is 3.07. The van der Waals surface area contributed by atoms with Gasteiger partial charge in [0.15, 0.2) is 0 Å². The normalized spacial score (nSPS) is 21.3. The molecule has 1 aliphatic carbocycles. The Hall–Kier alpha value is -1.88. The third-order valence-corrected chi connectivity index (χ3v) is 4.57. The number of primary amides is 1. The van der Waals surface area contributed by atoms with Crippen LogP contribution >= 0.6 is 0 Å². The quantitative estimate of drug-likeness (QED) is 0.858. The Balaban J connectivity index is 1.61. The van der Waals surface area contributed by atoms with Crippen molar-refractivity contribution in [2.45, 2.75) is 37.8 Å². The third-order valence-electron chi connectivity index (χ3n) is 4.57. The fourth-order valence-electron chi connectivity index (χ4n) is 3.16. The molecule has 1 saturated heterocycles. The van der Waals surface area contributed by atoms with E-state index in [-0.39, 0.29) is 17.7 Å². The highest BCUT2D eigenvalue weighted by Gasteiger charge is 2.33. The molecule has 1 heterocycles. The van der Waals surface area contributed by atoms with E-state index in [0.29, 0.717) is 6.04 Å². The summed E-state index contributed by atoms with van der Waals surface area (Å²) in [5.41, 5.74) is 6.54. The second kappa shape index (κ2) is 6.48. The van der Waals surface area contributed by atoms with Crippen molar-refractivity contribution < 1.29 is 9.59 Å². The van der Waals surface area contributed by atoms with E-state index in [1.54, 1.807) is 0 Å². The summed E-state index contributed by atoms with van der Waals surface area (Å²) in [6, 6.07) is 9.64. The van der Waals surface area contributed by atoms with Crippen LogP contribution in [0.25, 0.3) is 0 Å². The van der Waals surface area contributed by atoms with E-state index in [4.69, 9.17) is 5.73 Å². The fourth-order valence-corrected chi connectivity index (χ4v) is 3.16. The lowest BCUT2D eigenvalue weighted by Crippen LogP contribution is -2.45. The minimum Gasteiger partial charge on any atom is -0.368 e. The number of rotatable bonds is 5. The van der Waals surface area contributed by atoms with Gasteiger partial charge in [0.1, 0.15) is 6.04 Å². The highest BCUT2D eigenvalue weighted by atomic mass is 16.2. The molecule has 1 saturated carbocycles. The summed E-state index contributed by atoms with van der Waals surface area (Å²) in [6.07, 6.45) is 3.80. The third kappa shape index (κ3) is 3.47. The Bertz CT molecular complexity index is 534. The molecule has 5 nitrogen and oxygen atoms in total. The molecule has 0 unspecified atom stereocenters. The van der Waals surface area contributed by atoms with Crippen molar-refractivity contribution in [1.82, 2.24) is 10.2 Å². The number of benzene rings is 1. The van der Waals surface area contributed by atoms with Crippen LogP contribution in [0.15, 0.2) is 30.3 Å². The molecule has 2 aliphatic rings. The van der Waals surface area contributed by atoms with E-state index in [2.05, 4.69) is 10.2 Å². The van der Waals surface area contributed by atoms with Gasteiger partial charge in [0.25, 0.3) is 0 Å². The van der Waals surface area contributed by atoms with Gasteiger partial charge in [-0.1, -0.05) is 30.3 Å². The summed E-state index contributed by atoms with van der Waals surface area (Å²) < 4.78 is 0. The maximum Gasteiger partial charge on any atom is 0.239 e. The highest BCUT2D eigenvalue weighted by molar-refractivity contribution is 5.82. The van der Waals surface area contributed by atoms with Crippen LogP contribution in [0.2, 0.25) is 0 Å². The molecule has 1 aromatic rings. The molecule has 1 aromatic carbocycles. The molecule has 2 fully saturated rings. The van der Waals surface area contributed by atoms with E-state index in [1.165, 1.54) is 0 Å². The standard InChI is InChI=1S/C17H23N3O2/c18-16(21)15(12-4-2-1-3-5-12)20-10-8-13(9-11-20)17(22)19-14-6-7-14/h1-5,13-15H,6-11H2,(H2,18,21)(H,19,22)/t15-/m0/s1. The van der Waals surface area contributed by atoms with E-state index in [1.807, 2.05) is 30.3 Å². The molecule has 0 bridgehead atoms. The second-order valence-electron chi connectivity index (χ2n) is 6.31. The van der Waals surface area contributed by atoms with Crippen LogP contribution in [0.3, 0.4) is 0 Å². The van der Waals surface area contributed by atoms with Gasteiger partial charge in [-0.2, -0.15) is 0 Å². The zero-order chi connectivity index (χ0) is 15.5. The predicted octanol–water partition coefficient (Wildman–Crippen LogP) is 1.20. The van der Waals surface area contributed by atoms with Crippen molar-refractivity contribution in [1.29, 1.82) is 0 Å². The minimum atomic E-state index is -0.395. The van der Waals surface area contributed by atoms with Crippen molar-refractivity contribution in [3.63, 3.8) is 0 Å². The second-order valence-corrected chi connectivity index (χ2v) is 6.31. The molecule has 3 rings (SSSR count). The van der Waals surface area contributed by atoms with Gasteiger partial charge >= 0.3 is 0 Å².